The maximum Gasteiger partial charge on any atom is 0.259 e. The summed E-state index contributed by atoms with van der Waals surface area (Å²) in [4.78, 5) is 14.6. The zero-order valence-electron chi connectivity index (χ0n) is 13.7. The zero-order valence-corrected chi connectivity index (χ0v) is 14.5. The van der Waals surface area contributed by atoms with Crippen molar-refractivity contribution in [3.8, 4) is 0 Å². The van der Waals surface area contributed by atoms with E-state index in [0.717, 1.165) is 0 Å². The van der Waals surface area contributed by atoms with Crippen LogP contribution in [0.1, 0.15) is 34.7 Å². The van der Waals surface area contributed by atoms with E-state index >= 15 is 0 Å². The summed E-state index contributed by atoms with van der Waals surface area (Å²) in [6.45, 7) is 4.27. The average Bonchev–Trinajstić information content (AvgIpc) is 2.94. The highest BCUT2D eigenvalue weighted by molar-refractivity contribution is 7.92. The van der Waals surface area contributed by atoms with Gasteiger partial charge >= 0.3 is 0 Å². The molecule has 0 aliphatic carbocycles. The number of nitrogens with zero attached hydrogens (tertiary/aromatic N) is 2. The van der Waals surface area contributed by atoms with Gasteiger partial charge in [0.15, 0.2) is 9.84 Å². The summed E-state index contributed by atoms with van der Waals surface area (Å²) in [5.41, 5.74) is 1.05. The van der Waals surface area contributed by atoms with E-state index < -0.39 is 15.1 Å². The molecule has 0 unspecified atom stereocenters. The highest BCUT2D eigenvalue weighted by atomic mass is 32.2. The molecule has 1 amide bonds. The highest BCUT2D eigenvalue weighted by Crippen LogP contribution is 2.26. The topological polar surface area (TPSA) is 80.5 Å². The molecule has 0 saturated carbocycles. The minimum atomic E-state index is -3.35. The van der Waals surface area contributed by atoms with Crippen molar-refractivity contribution in [2.24, 2.45) is 0 Å². The molecule has 0 radical (unpaired) electrons. The molecule has 1 aliphatic rings. The standard InChI is InChI=1S/C17H20N2O4S/c1-12-16(13(2)23-18-12)17(20)19-10-8-15(9-11-19)24(21,22)14-6-4-3-5-7-14/h3-7,15H,8-11H2,1-2H3. The number of piperidine rings is 1. The summed E-state index contributed by atoms with van der Waals surface area (Å²) in [7, 11) is -3.35. The van der Waals surface area contributed by atoms with Gasteiger partial charge in [0.25, 0.3) is 5.91 Å². The molecule has 1 aromatic heterocycles. The summed E-state index contributed by atoms with van der Waals surface area (Å²) in [6, 6.07) is 8.49. The highest BCUT2D eigenvalue weighted by Gasteiger charge is 2.34. The molecule has 0 bridgehead atoms. The van der Waals surface area contributed by atoms with Crippen LogP contribution in [0.4, 0.5) is 0 Å². The summed E-state index contributed by atoms with van der Waals surface area (Å²) in [5, 5.41) is 3.36. The lowest BCUT2D eigenvalue weighted by Crippen LogP contribution is -2.42. The van der Waals surface area contributed by atoms with Gasteiger partial charge in [0.05, 0.1) is 15.8 Å². The number of aromatic nitrogens is 1. The van der Waals surface area contributed by atoms with Gasteiger partial charge in [-0.05, 0) is 38.8 Å². The molecule has 7 heteroatoms. The van der Waals surface area contributed by atoms with Crippen molar-refractivity contribution in [2.45, 2.75) is 36.8 Å². The summed E-state index contributed by atoms with van der Waals surface area (Å²) >= 11 is 0. The van der Waals surface area contributed by atoms with Crippen molar-refractivity contribution in [3.05, 3.63) is 47.3 Å². The van der Waals surface area contributed by atoms with Gasteiger partial charge in [0, 0.05) is 13.1 Å². The van der Waals surface area contributed by atoms with Gasteiger partial charge in [-0.3, -0.25) is 4.79 Å². The minimum Gasteiger partial charge on any atom is -0.361 e. The Kier molecular flexibility index (Phi) is 4.45. The normalized spacial score (nSPS) is 16.3. The predicted molar refractivity (Wildman–Crippen MR) is 88.5 cm³/mol. The van der Waals surface area contributed by atoms with E-state index in [4.69, 9.17) is 4.52 Å². The zero-order chi connectivity index (χ0) is 17.3. The Morgan fingerprint density at radius 2 is 1.79 bits per heavy atom. The molecule has 1 saturated heterocycles. The van der Waals surface area contributed by atoms with Crippen LogP contribution in [0.2, 0.25) is 0 Å². The predicted octanol–water partition coefficient (Wildman–Crippen LogP) is 2.37. The second-order valence-electron chi connectivity index (χ2n) is 6.05. The van der Waals surface area contributed by atoms with Gasteiger partial charge in [-0.2, -0.15) is 0 Å². The van der Waals surface area contributed by atoms with E-state index in [0.29, 0.717) is 47.8 Å². The van der Waals surface area contributed by atoms with Crippen molar-refractivity contribution in [2.75, 3.05) is 13.1 Å². The number of rotatable bonds is 3. The molecule has 1 fully saturated rings. The van der Waals surface area contributed by atoms with Crippen molar-refractivity contribution < 1.29 is 17.7 Å². The van der Waals surface area contributed by atoms with E-state index in [1.54, 1.807) is 49.1 Å². The van der Waals surface area contributed by atoms with Crippen LogP contribution in [0.15, 0.2) is 39.8 Å². The van der Waals surface area contributed by atoms with Crippen LogP contribution in [0.3, 0.4) is 0 Å². The third-order valence-electron chi connectivity index (χ3n) is 4.49. The van der Waals surface area contributed by atoms with Gasteiger partial charge in [-0.15, -0.1) is 0 Å². The van der Waals surface area contributed by atoms with Crippen molar-refractivity contribution >= 4 is 15.7 Å². The maximum atomic E-state index is 12.7. The van der Waals surface area contributed by atoms with Crippen LogP contribution in [-0.2, 0) is 9.84 Å². The number of amides is 1. The lowest BCUT2D eigenvalue weighted by Gasteiger charge is -2.31. The molecule has 0 spiro atoms. The van der Waals surface area contributed by atoms with E-state index in [1.165, 1.54) is 0 Å². The van der Waals surface area contributed by atoms with Crippen LogP contribution in [0, 0.1) is 13.8 Å². The molecule has 2 heterocycles. The summed E-state index contributed by atoms with van der Waals surface area (Å²) in [6.07, 6.45) is 0.874. The first kappa shape index (κ1) is 16.7. The molecular weight excluding hydrogens is 328 g/mol. The van der Waals surface area contributed by atoms with Gasteiger partial charge in [0.1, 0.15) is 11.3 Å². The Morgan fingerprint density at radius 1 is 1.17 bits per heavy atom. The smallest absolute Gasteiger partial charge is 0.259 e. The van der Waals surface area contributed by atoms with Crippen LogP contribution >= 0.6 is 0 Å². The number of hydrogen-bond donors (Lipinski definition) is 0. The molecule has 128 valence electrons. The molecule has 6 nitrogen and oxygen atoms in total. The maximum absolute atomic E-state index is 12.7. The summed E-state index contributed by atoms with van der Waals surface area (Å²) in [5.74, 6) is 0.360. The number of benzene rings is 1. The Labute approximate surface area is 141 Å². The minimum absolute atomic E-state index is 0.137. The summed E-state index contributed by atoms with van der Waals surface area (Å²) < 4.78 is 30.4. The molecule has 1 aliphatic heterocycles. The quantitative estimate of drug-likeness (QED) is 0.851. The first-order valence-corrected chi connectivity index (χ1v) is 9.47. The van der Waals surface area contributed by atoms with E-state index in [2.05, 4.69) is 5.16 Å². The molecule has 0 N–H and O–H groups in total. The number of carbonyl (C=O) groups excluding carboxylic acids is 1. The third kappa shape index (κ3) is 2.96. The van der Waals surface area contributed by atoms with Crippen LogP contribution in [0.25, 0.3) is 0 Å². The fourth-order valence-corrected chi connectivity index (χ4v) is 4.87. The second-order valence-corrected chi connectivity index (χ2v) is 8.28. The van der Waals surface area contributed by atoms with Gasteiger partial charge in [-0.1, -0.05) is 23.4 Å². The van der Waals surface area contributed by atoms with Gasteiger partial charge in [-0.25, -0.2) is 8.42 Å². The molecule has 24 heavy (non-hydrogen) atoms. The molecular formula is C17H20N2O4S. The first-order chi connectivity index (χ1) is 11.4. The number of likely N-dealkylation sites (tertiary alicyclic amines) is 1. The number of aryl methyl sites for hydroxylation is 2. The van der Waals surface area contributed by atoms with E-state index in [-0.39, 0.29) is 5.91 Å². The Bertz CT molecular complexity index is 815. The van der Waals surface area contributed by atoms with Crippen LogP contribution in [0.5, 0.6) is 0 Å². The largest absolute Gasteiger partial charge is 0.361 e. The average molecular weight is 348 g/mol. The van der Waals surface area contributed by atoms with Crippen molar-refractivity contribution in [1.29, 1.82) is 0 Å². The van der Waals surface area contributed by atoms with Crippen LogP contribution in [-0.4, -0.2) is 42.7 Å². The Hall–Kier alpha value is -2.15. The number of carbonyl (C=O) groups is 1. The lowest BCUT2D eigenvalue weighted by molar-refractivity contribution is 0.0723. The lowest BCUT2D eigenvalue weighted by atomic mass is 10.1. The second kappa shape index (κ2) is 6.39. The number of sulfone groups is 1. The molecule has 2 aromatic rings. The third-order valence-corrected chi connectivity index (χ3v) is 6.77. The Morgan fingerprint density at radius 3 is 2.33 bits per heavy atom. The monoisotopic (exact) mass is 348 g/mol. The SMILES string of the molecule is Cc1noc(C)c1C(=O)N1CCC(S(=O)(=O)c2ccccc2)CC1. The van der Waals surface area contributed by atoms with Gasteiger partial charge in [0.2, 0.25) is 0 Å². The molecule has 1 aromatic carbocycles. The van der Waals surface area contributed by atoms with E-state index in [1.807, 2.05) is 0 Å². The first-order valence-electron chi connectivity index (χ1n) is 7.92. The molecule has 3 rings (SSSR count). The molecule has 0 atom stereocenters. The van der Waals surface area contributed by atoms with Gasteiger partial charge < -0.3 is 9.42 Å². The van der Waals surface area contributed by atoms with E-state index in [9.17, 15) is 13.2 Å². The number of hydrogen-bond acceptors (Lipinski definition) is 5. The fraction of sp³-hybridized carbons (Fsp3) is 0.412. The van der Waals surface area contributed by atoms with Crippen molar-refractivity contribution in [3.63, 3.8) is 0 Å². The fourth-order valence-electron chi connectivity index (χ4n) is 3.12. The van der Waals surface area contributed by atoms with Crippen LogP contribution < -0.4 is 0 Å². The Balaban J connectivity index is 1.71. The van der Waals surface area contributed by atoms with Crippen molar-refractivity contribution in [1.82, 2.24) is 10.1 Å².